The Labute approximate surface area is 160 Å². The van der Waals surface area contributed by atoms with E-state index in [-0.39, 0.29) is 23.8 Å². The van der Waals surface area contributed by atoms with E-state index in [1.807, 2.05) is 30.3 Å². The van der Waals surface area contributed by atoms with E-state index >= 15 is 0 Å². The van der Waals surface area contributed by atoms with Crippen LogP contribution in [0.1, 0.15) is 18.4 Å². The van der Waals surface area contributed by atoms with Gasteiger partial charge in [-0.2, -0.15) is 0 Å². The van der Waals surface area contributed by atoms with Gasteiger partial charge in [-0.1, -0.05) is 30.3 Å². The molecule has 0 saturated heterocycles. The standard InChI is InChI=1S/C20H26N2O4S/c1-27(24,25)19-10-8-18(9-11-19)26-15-12-20(23)22(14-5-13-21)16-17-6-3-2-4-7-17/h2-4,6-11H,5,12-16,21H2,1H3. The van der Waals surface area contributed by atoms with Crippen LogP contribution in [0, 0.1) is 0 Å². The van der Waals surface area contributed by atoms with Crippen LogP contribution in [-0.4, -0.2) is 45.2 Å². The predicted octanol–water partition coefficient (Wildman–Crippen LogP) is 2.24. The molecule has 6 nitrogen and oxygen atoms in total. The van der Waals surface area contributed by atoms with Gasteiger partial charge < -0.3 is 15.4 Å². The number of hydrogen-bond donors (Lipinski definition) is 1. The van der Waals surface area contributed by atoms with E-state index in [0.717, 1.165) is 18.2 Å². The summed E-state index contributed by atoms with van der Waals surface area (Å²) in [6.45, 7) is 1.91. The number of amides is 1. The largest absolute Gasteiger partial charge is 0.493 e. The molecule has 146 valence electrons. The molecule has 0 radical (unpaired) electrons. The molecule has 0 aliphatic heterocycles. The van der Waals surface area contributed by atoms with Gasteiger partial charge in [-0.25, -0.2) is 8.42 Å². The minimum Gasteiger partial charge on any atom is -0.493 e. The van der Waals surface area contributed by atoms with Gasteiger partial charge in [0.05, 0.1) is 17.9 Å². The van der Waals surface area contributed by atoms with Crippen molar-refractivity contribution < 1.29 is 17.9 Å². The number of rotatable bonds is 10. The number of nitrogens with zero attached hydrogens (tertiary/aromatic N) is 1. The van der Waals surface area contributed by atoms with Crippen molar-refractivity contribution in [1.29, 1.82) is 0 Å². The summed E-state index contributed by atoms with van der Waals surface area (Å²) in [6, 6.07) is 16.0. The van der Waals surface area contributed by atoms with Gasteiger partial charge >= 0.3 is 0 Å². The zero-order valence-corrected chi connectivity index (χ0v) is 16.3. The predicted molar refractivity (Wildman–Crippen MR) is 105 cm³/mol. The molecule has 0 aliphatic rings. The minimum atomic E-state index is -3.23. The van der Waals surface area contributed by atoms with Gasteiger partial charge in [-0.3, -0.25) is 4.79 Å². The van der Waals surface area contributed by atoms with E-state index in [4.69, 9.17) is 10.5 Å². The van der Waals surface area contributed by atoms with Gasteiger partial charge in [0.1, 0.15) is 5.75 Å². The summed E-state index contributed by atoms with van der Waals surface area (Å²) in [7, 11) is -3.23. The monoisotopic (exact) mass is 390 g/mol. The molecular formula is C20H26N2O4S. The molecule has 27 heavy (non-hydrogen) atoms. The highest BCUT2D eigenvalue weighted by Crippen LogP contribution is 2.16. The third-order valence-corrected chi connectivity index (χ3v) is 5.17. The lowest BCUT2D eigenvalue weighted by Crippen LogP contribution is -2.33. The molecule has 2 aromatic rings. The molecule has 0 spiro atoms. The van der Waals surface area contributed by atoms with Crippen LogP contribution in [0.2, 0.25) is 0 Å². The molecule has 0 atom stereocenters. The fourth-order valence-corrected chi connectivity index (χ4v) is 3.21. The minimum absolute atomic E-state index is 0.0000548. The van der Waals surface area contributed by atoms with Crippen LogP contribution in [0.25, 0.3) is 0 Å². The van der Waals surface area contributed by atoms with E-state index in [2.05, 4.69) is 0 Å². The van der Waals surface area contributed by atoms with Crippen molar-refractivity contribution in [3.63, 3.8) is 0 Å². The van der Waals surface area contributed by atoms with Crippen molar-refractivity contribution in [1.82, 2.24) is 4.90 Å². The third kappa shape index (κ3) is 7.03. The topological polar surface area (TPSA) is 89.7 Å². The summed E-state index contributed by atoms with van der Waals surface area (Å²) < 4.78 is 28.5. The third-order valence-electron chi connectivity index (χ3n) is 4.04. The van der Waals surface area contributed by atoms with Crippen molar-refractivity contribution in [3.8, 4) is 5.75 Å². The molecule has 0 saturated carbocycles. The lowest BCUT2D eigenvalue weighted by molar-refractivity contribution is -0.132. The van der Waals surface area contributed by atoms with E-state index in [1.54, 1.807) is 17.0 Å². The second-order valence-corrected chi connectivity index (χ2v) is 8.30. The lowest BCUT2D eigenvalue weighted by Gasteiger charge is -2.23. The maximum Gasteiger partial charge on any atom is 0.226 e. The van der Waals surface area contributed by atoms with Crippen LogP contribution in [0.5, 0.6) is 5.75 Å². The molecule has 0 aromatic heterocycles. The lowest BCUT2D eigenvalue weighted by atomic mass is 10.2. The molecular weight excluding hydrogens is 364 g/mol. The van der Waals surface area contributed by atoms with E-state index < -0.39 is 9.84 Å². The summed E-state index contributed by atoms with van der Waals surface area (Å²) in [5.41, 5.74) is 6.65. The van der Waals surface area contributed by atoms with Crippen molar-refractivity contribution in [2.24, 2.45) is 5.73 Å². The Morgan fingerprint density at radius 2 is 1.74 bits per heavy atom. The van der Waals surface area contributed by atoms with E-state index in [0.29, 0.717) is 25.4 Å². The Morgan fingerprint density at radius 3 is 2.33 bits per heavy atom. The Hall–Kier alpha value is -2.38. The fraction of sp³-hybridized carbons (Fsp3) is 0.350. The van der Waals surface area contributed by atoms with Crippen LogP contribution >= 0.6 is 0 Å². The molecule has 2 rings (SSSR count). The molecule has 0 bridgehead atoms. The number of carbonyl (C=O) groups is 1. The zero-order valence-electron chi connectivity index (χ0n) is 15.5. The summed E-state index contributed by atoms with van der Waals surface area (Å²) in [6.07, 6.45) is 2.14. The molecule has 2 N–H and O–H groups in total. The molecule has 0 aliphatic carbocycles. The SMILES string of the molecule is CS(=O)(=O)c1ccc(OCCC(=O)N(CCCN)Cc2ccccc2)cc1. The van der Waals surface area contributed by atoms with Crippen molar-refractivity contribution in [2.75, 3.05) is 26.0 Å². The molecule has 0 heterocycles. The van der Waals surface area contributed by atoms with Crippen LogP contribution in [0.4, 0.5) is 0 Å². The molecule has 0 fully saturated rings. The number of sulfone groups is 1. The van der Waals surface area contributed by atoms with Crippen LogP contribution < -0.4 is 10.5 Å². The first-order valence-corrected chi connectivity index (χ1v) is 10.7. The molecule has 1 amide bonds. The maximum absolute atomic E-state index is 12.6. The van der Waals surface area contributed by atoms with Gasteiger partial charge in [0, 0.05) is 19.3 Å². The van der Waals surface area contributed by atoms with Crippen molar-refractivity contribution in [2.45, 2.75) is 24.3 Å². The van der Waals surface area contributed by atoms with Gasteiger partial charge in [-0.15, -0.1) is 0 Å². The Kier molecular flexibility index (Phi) is 7.82. The first-order chi connectivity index (χ1) is 12.9. The Bertz CT molecular complexity index is 821. The Morgan fingerprint density at radius 1 is 1.07 bits per heavy atom. The molecule has 2 aromatic carbocycles. The maximum atomic E-state index is 12.6. The van der Waals surface area contributed by atoms with Crippen LogP contribution in [-0.2, 0) is 21.2 Å². The van der Waals surface area contributed by atoms with Crippen LogP contribution in [0.15, 0.2) is 59.5 Å². The average molecular weight is 391 g/mol. The second kappa shape index (κ2) is 10.1. The number of hydrogen-bond acceptors (Lipinski definition) is 5. The summed E-state index contributed by atoms with van der Waals surface area (Å²) in [5.74, 6) is 0.534. The van der Waals surface area contributed by atoms with Gasteiger partial charge in [0.15, 0.2) is 9.84 Å². The smallest absolute Gasteiger partial charge is 0.226 e. The highest BCUT2D eigenvalue weighted by Gasteiger charge is 2.14. The van der Waals surface area contributed by atoms with Gasteiger partial charge in [0.25, 0.3) is 0 Å². The number of benzene rings is 2. The second-order valence-electron chi connectivity index (χ2n) is 6.29. The van der Waals surface area contributed by atoms with Crippen molar-refractivity contribution >= 4 is 15.7 Å². The van der Waals surface area contributed by atoms with Gasteiger partial charge in [0.2, 0.25) is 5.91 Å². The van der Waals surface area contributed by atoms with E-state index in [9.17, 15) is 13.2 Å². The number of ether oxygens (including phenoxy) is 1. The summed E-state index contributed by atoms with van der Waals surface area (Å²) in [4.78, 5) is 14.6. The molecule has 7 heteroatoms. The Balaban J connectivity index is 1.89. The number of carbonyl (C=O) groups excluding carboxylic acids is 1. The highest BCUT2D eigenvalue weighted by atomic mass is 32.2. The quantitative estimate of drug-likeness (QED) is 0.672. The van der Waals surface area contributed by atoms with Gasteiger partial charge in [-0.05, 0) is 42.8 Å². The summed E-state index contributed by atoms with van der Waals surface area (Å²) >= 11 is 0. The van der Waals surface area contributed by atoms with Crippen molar-refractivity contribution in [3.05, 3.63) is 60.2 Å². The first-order valence-electron chi connectivity index (χ1n) is 8.85. The average Bonchev–Trinajstić information content (AvgIpc) is 2.65. The summed E-state index contributed by atoms with van der Waals surface area (Å²) in [5, 5.41) is 0. The molecule has 0 unspecified atom stereocenters. The highest BCUT2D eigenvalue weighted by molar-refractivity contribution is 7.90. The fourth-order valence-electron chi connectivity index (χ4n) is 2.58. The number of nitrogens with two attached hydrogens (primary N) is 1. The van der Waals surface area contributed by atoms with Crippen LogP contribution in [0.3, 0.4) is 0 Å². The first kappa shape index (κ1) is 20.9. The zero-order chi connectivity index (χ0) is 19.7. The normalized spacial score (nSPS) is 11.2. The van der Waals surface area contributed by atoms with E-state index in [1.165, 1.54) is 12.1 Å².